The molecule has 2 atom stereocenters. The molecule has 1 N–H and O–H groups in total. The van der Waals surface area contributed by atoms with Crippen LogP contribution >= 0.6 is 0 Å². The first-order valence-electron chi connectivity index (χ1n) is 8.29. The molecule has 1 aliphatic rings. The highest BCUT2D eigenvalue weighted by Crippen LogP contribution is 2.25. The number of hydrogen-bond acceptors (Lipinski definition) is 4. The summed E-state index contributed by atoms with van der Waals surface area (Å²) in [5.74, 6) is 0.831. The topological polar surface area (TPSA) is 41.9 Å². The summed E-state index contributed by atoms with van der Waals surface area (Å²) in [5, 5.41) is 12.6. The molecule has 1 saturated heterocycles. The van der Waals surface area contributed by atoms with Gasteiger partial charge in [0.1, 0.15) is 18.5 Å². The van der Waals surface area contributed by atoms with Crippen LogP contribution in [0.15, 0.2) is 42.5 Å². The van der Waals surface area contributed by atoms with Crippen molar-refractivity contribution in [2.24, 2.45) is 0 Å². The van der Waals surface area contributed by atoms with Crippen molar-refractivity contribution in [2.45, 2.75) is 25.0 Å². The van der Waals surface area contributed by atoms with Crippen LogP contribution in [0.3, 0.4) is 0 Å². The maximum absolute atomic E-state index is 10.3. The van der Waals surface area contributed by atoms with Gasteiger partial charge in [-0.05, 0) is 30.8 Å². The third-order valence-electron chi connectivity index (χ3n) is 4.48. The first-order chi connectivity index (χ1) is 11.3. The Labute approximate surface area is 137 Å². The van der Waals surface area contributed by atoms with E-state index in [4.69, 9.17) is 9.47 Å². The second-order valence-corrected chi connectivity index (χ2v) is 6.19. The average molecular weight is 315 g/mol. The molecule has 0 radical (unpaired) electrons. The van der Waals surface area contributed by atoms with E-state index in [1.807, 2.05) is 30.3 Å². The van der Waals surface area contributed by atoms with Crippen LogP contribution in [0, 0.1) is 0 Å². The van der Waals surface area contributed by atoms with Crippen LogP contribution in [0.4, 0.5) is 0 Å². The van der Waals surface area contributed by atoms with E-state index in [9.17, 15) is 5.11 Å². The zero-order valence-corrected chi connectivity index (χ0v) is 13.6. The van der Waals surface area contributed by atoms with Crippen LogP contribution in [0.5, 0.6) is 5.75 Å². The number of aliphatic hydroxyl groups is 1. The van der Waals surface area contributed by atoms with Crippen molar-refractivity contribution in [1.29, 1.82) is 0 Å². The van der Waals surface area contributed by atoms with Gasteiger partial charge in [0, 0.05) is 25.1 Å². The van der Waals surface area contributed by atoms with Crippen molar-refractivity contribution in [3.8, 4) is 5.75 Å². The van der Waals surface area contributed by atoms with Crippen molar-refractivity contribution < 1.29 is 14.6 Å². The molecule has 1 fully saturated rings. The normalized spacial score (nSPS) is 20.0. The molecular weight excluding hydrogens is 290 g/mol. The predicted molar refractivity (Wildman–Crippen MR) is 91.9 cm³/mol. The predicted octanol–water partition coefficient (Wildman–Crippen LogP) is 2.69. The van der Waals surface area contributed by atoms with Gasteiger partial charge in [0.15, 0.2) is 0 Å². The van der Waals surface area contributed by atoms with Crippen molar-refractivity contribution in [3.05, 3.63) is 42.5 Å². The standard InChI is InChI=1S/C19H25NO3/c1-22-13-16-8-5-11-20(16)12-17(21)14-23-19-10-4-7-15-6-2-3-9-18(15)19/h2-4,6-7,9-10,16-17,21H,5,8,11-14H2,1H3. The number of ether oxygens (including phenoxy) is 2. The van der Waals surface area contributed by atoms with Gasteiger partial charge in [-0.15, -0.1) is 0 Å². The monoisotopic (exact) mass is 315 g/mol. The molecule has 23 heavy (non-hydrogen) atoms. The van der Waals surface area contributed by atoms with Crippen molar-refractivity contribution in [2.75, 3.05) is 33.4 Å². The van der Waals surface area contributed by atoms with Gasteiger partial charge in [0.2, 0.25) is 0 Å². The lowest BCUT2D eigenvalue weighted by Gasteiger charge is -2.26. The Bertz CT molecular complexity index is 626. The molecule has 1 heterocycles. The van der Waals surface area contributed by atoms with Crippen molar-refractivity contribution in [1.82, 2.24) is 4.90 Å². The molecule has 4 heteroatoms. The third kappa shape index (κ3) is 4.02. The van der Waals surface area contributed by atoms with Crippen LogP contribution in [0.25, 0.3) is 10.8 Å². The van der Waals surface area contributed by atoms with Gasteiger partial charge < -0.3 is 14.6 Å². The lowest BCUT2D eigenvalue weighted by Crippen LogP contribution is -2.40. The first kappa shape index (κ1) is 16.2. The highest BCUT2D eigenvalue weighted by atomic mass is 16.5. The fraction of sp³-hybridized carbons (Fsp3) is 0.474. The molecule has 1 aliphatic heterocycles. The number of fused-ring (bicyclic) bond motifs is 1. The van der Waals surface area contributed by atoms with E-state index >= 15 is 0 Å². The van der Waals surface area contributed by atoms with E-state index in [1.54, 1.807) is 7.11 Å². The SMILES string of the molecule is COCC1CCCN1CC(O)COc1cccc2ccccc12. The van der Waals surface area contributed by atoms with E-state index < -0.39 is 6.10 Å². The van der Waals surface area contributed by atoms with E-state index in [0.29, 0.717) is 19.2 Å². The van der Waals surface area contributed by atoms with Crippen LogP contribution in [-0.2, 0) is 4.74 Å². The Hall–Kier alpha value is -1.62. The van der Waals surface area contributed by atoms with Gasteiger partial charge in [-0.2, -0.15) is 0 Å². The number of benzene rings is 2. The molecule has 3 rings (SSSR count). The Balaban J connectivity index is 1.57. The van der Waals surface area contributed by atoms with Gasteiger partial charge in [0.25, 0.3) is 0 Å². The quantitative estimate of drug-likeness (QED) is 0.853. The number of hydrogen-bond donors (Lipinski definition) is 1. The molecule has 2 aromatic rings. The maximum Gasteiger partial charge on any atom is 0.127 e. The summed E-state index contributed by atoms with van der Waals surface area (Å²) in [6.45, 7) is 2.71. The summed E-state index contributed by atoms with van der Waals surface area (Å²) in [6.07, 6.45) is 1.82. The van der Waals surface area contributed by atoms with Gasteiger partial charge in [0.05, 0.1) is 6.61 Å². The number of rotatable bonds is 7. The molecule has 0 saturated carbocycles. The summed E-state index contributed by atoms with van der Waals surface area (Å²) in [7, 11) is 1.73. The third-order valence-corrected chi connectivity index (χ3v) is 4.48. The van der Waals surface area contributed by atoms with Gasteiger partial charge in [-0.1, -0.05) is 36.4 Å². The van der Waals surface area contributed by atoms with Crippen LogP contribution in [0.2, 0.25) is 0 Å². The van der Waals surface area contributed by atoms with E-state index in [1.165, 1.54) is 6.42 Å². The molecule has 0 aliphatic carbocycles. The molecular formula is C19H25NO3. The number of aliphatic hydroxyl groups excluding tert-OH is 1. The second kappa shape index (κ2) is 7.77. The molecule has 0 bridgehead atoms. The Morgan fingerprint density at radius 1 is 1.22 bits per heavy atom. The minimum absolute atomic E-state index is 0.310. The summed E-state index contributed by atoms with van der Waals surface area (Å²) in [6, 6.07) is 14.6. The molecule has 0 aromatic heterocycles. The van der Waals surface area contributed by atoms with E-state index in [0.717, 1.165) is 36.1 Å². The van der Waals surface area contributed by atoms with Gasteiger partial charge >= 0.3 is 0 Å². The minimum Gasteiger partial charge on any atom is -0.490 e. The van der Waals surface area contributed by atoms with Crippen molar-refractivity contribution in [3.63, 3.8) is 0 Å². The van der Waals surface area contributed by atoms with Crippen LogP contribution < -0.4 is 4.74 Å². The Morgan fingerprint density at radius 3 is 2.91 bits per heavy atom. The Kier molecular flexibility index (Phi) is 5.49. The summed E-state index contributed by atoms with van der Waals surface area (Å²) in [5.41, 5.74) is 0. The Morgan fingerprint density at radius 2 is 2.04 bits per heavy atom. The zero-order chi connectivity index (χ0) is 16.1. The highest BCUT2D eigenvalue weighted by Gasteiger charge is 2.26. The molecule has 0 spiro atoms. The summed E-state index contributed by atoms with van der Waals surface area (Å²) in [4.78, 5) is 2.31. The average Bonchev–Trinajstić information content (AvgIpc) is 3.00. The number of methoxy groups -OCH3 is 1. The van der Waals surface area contributed by atoms with Crippen LogP contribution in [0.1, 0.15) is 12.8 Å². The van der Waals surface area contributed by atoms with Gasteiger partial charge in [-0.3, -0.25) is 4.90 Å². The lowest BCUT2D eigenvalue weighted by atomic mass is 10.1. The molecule has 124 valence electrons. The van der Waals surface area contributed by atoms with E-state index in [-0.39, 0.29) is 0 Å². The fourth-order valence-corrected chi connectivity index (χ4v) is 3.35. The summed E-state index contributed by atoms with van der Waals surface area (Å²) < 4.78 is 11.1. The molecule has 2 aromatic carbocycles. The number of likely N-dealkylation sites (tertiary alicyclic amines) is 1. The molecule has 0 amide bonds. The van der Waals surface area contributed by atoms with Crippen LogP contribution in [-0.4, -0.2) is 55.6 Å². The zero-order valence-electron chi connectivity index (χ0n) is 13.6. The van der Waals surface area contributed by atoms with Crippen molar-refractivity contribution >= 4 is 10.8 Å². The van der Waals surface area contributed by atoms with E-state index in [2.05, 4.69) is 17.0 Å². The smallest absolute Gasteiger partial charge is 0.127 e. The second-order valence-electron chi connectivity index (χ2n) is 6.19. The molecule has 4 nitrogen and oxygen atoms in total. The number of nitrogens with zero attached hydrogens (tertiary/aromatic N) is 1. The summed E-state index contributed by atoms with van der Waals surface area (Å²) >= 11 is 0. The number of β-amino-alcohol motifs (C(OH)–C–C–N with tert-alkyl or cyclic N) is 1. The lowest BCUT2D eigenvalue weighted by molar-refractivity contribution is 0.0462. The largest absolute Gasteiger partial charge is 0.490 e. The fourth-order valence-electron chi connectivity index (χ4n) is 3.35. The van der Waals surface area contributed by atoms with Gasteiger partial charge in [-0.25, -0.2) is 0 Å². The first-order valence-corrected chi connectivity index (χ1v) is 8.29. The highest BCUT2D eigenvalue weighted by molar-refractivity contribution is 5.88. The minimum atomic E-state index is -0.494. The molecule has 2 unspecified atom stereocenters. The maximum atomic E-state index is 10.3.